The molecule has 1 heterocycles. The summed E-state index contributed by atoms with van der Waals surface area (Å²) in [7, 11) is -4.89. The standard InChI is InChI=1S/C10H15N3O3S3/c1-7(18(2)14)6-13-19(15,16)8-4-3-5-12-9(8)10(11)17/h3-5,7,13H,6H2,1-2H3,(H2,11,17). The second-order valence-corrected chi connectivity index (χ2v) is 7.85. The first-order chi connectivity index (χ1) is 8.75. The van der Waals surface area contributed by atoms with Gasteiger partial charge in [0, 0.05) is 35.0 Å². The average molecular weight is 321 g/mol. The lowest BCUT2D eigenvalue weighted by atomic mass is 10.3. The van der Waals surface area contributed by atoms with Gasteiger partial charge in [0.15, 0.2) is 0 Å². The third kappa shape index (κ3) is 4.30. The van der Waals surface area contributed by atoms with Gasteiger partial charge in [0.05, 0.1) is 0 Å². The fourth-order valence-corrected chi connectivity index (χ4v) is 3.17. The molecule has 0 saturated carbocycles. The summed E-state index contributed by atoms with van der Waals surface area (Å²) in [6, 6.07) is 2.86. The molecule has 0 radical (unpaired) electrons. The van der Waals surface area contributed by atoms with Crippen LogP contribution in [-0.2, 0) is 20.8 Å². The number of hydrogen-bond acceptors (Lipinski definition) is 5. The Morgan fingerprint density at radius 1 is 1.63 bits per heavy atom. The molecule has 0 spiro atoms. The molecule has 0 fully saturated rings. The van der Waals surface area contributed by atoms with Crippen molar-refractivity contribution in [3.63, 3.8) is 0 Å². The molecule has 2 unspecified atom stereocenters. The molecule has 0 amide bonds. The third-order valence-electron chi connectivity index (χ3n) is 2.42. The van der Waals surface area contributed by atoms with Crippen molar-refractivity contribution in [2.45, 2.75) is 17.1 Å². The molecule has 1 aromatic rings. The lowest BCUT2D eigenvalue weighted by Gasteiger charge is -2.12. The second-order valence-electron chi connectivity index (χ2n) is 3.88. The van der Waals surface area contributed by atoms with Crippen LogP contribution in [0.15, 0.2) is 23.2 Å². The molecule has 106 valence electrons. The van der Waals surface area contributed by atoms with Crippen LogP contribution in [-0.4, -0.2) is 40.6 Å². The van der Waals surface area contributed by atoms with Crippen molar-refractivity contribution >= 4 is 38.0 Å². The topological polar surface area (TPSA) is 102 Å². The Kier molecular flexibility index (Phi) is 5.53. The van der Waals surface area contributed by atoms with Gasteiger partial charge in [0.25, 0.3) is 0 Å². The Hall–Kier alpha value is -0.900. The van der Waals surface area contributed by atoms with Crippen molar-refractivity contribution < 1.29 is 12.6 Å². The fraction of sp³-hybridized carbons (Fsp3) is 0.400. The number of pyridine rings is 1. The summed E-state index contributed by atoms with van der Waals surface area (Å²) in [5, 5.41) is -0.292. The average Bonchev–Trinajstić information content (AvgIpc) is 2.35. The summed E-state index contributed by atoms with van der Waals surface area (Å²) < 4.78 is 37.8. The first kappa shape index (κ1) is 16.2. The number of thiocarbonyl (C=S) groups is 1. The van der Waals surface area contributed by atoms with Gasteiger partial charge in [-0.1, -0.05) is 12.2 Å². The molecule has 0 aliphatic carbocycles. The van der Waals surface area contributed by atoms with Crippen LogP contribution in [0, 0.1) is 0 Å². The summed E-state index contributed by atoms with van der Waals surface area (Å²) in [6.45, 7) is 1.76. The van der Waals surface area contributed by atoms with Crippen LogP contribution in [0.1, 0.15) is 12.6 Å². The van der Waals surface area contributed by atoms with E-state index in [2.05, 4.69) is 9.71 Å². The molecule has 19 heavy (non-hydrogen) atoms. The van der Waals surface area contributed by atoms with E-state index in [-0.39, 0.29) is 27.4 Å². The molecule has 0 aliphatic rings. The highest BCUT2D eigenvalue weighted by molar-refractivity contribution is 7.90. The lowest BCUT2D eigenvalue weighted by molar-refractivity contribution is 0.580. The van der Waals surface area contributed by atoms with Crippen molar-refractivity contribution in [2.24, 2.45) is 5.73 Å². The van der Waals surface area contributed by atoms with Crippen LogP contribution in [0.4, 0.5) is 0 Å². The number of nitrogens with one attached hydrogen (secondary N) is 1. The predicted molar refractivity (Wildman–Crippen MR) is 78.8 cm³/mol. The number of rotatable bonds is 6. The molecule has 1 aromatic heterocycles. The van der Waals surface area contributed by atoms with Crippen molar-refractivity contribution in [1.82, 2.24) is 9.71 Å². The molecule has 0 aromatic carbocycles. The molecule has 9 heteroatoms. The quantitative estimate of drug-likeness (QED) is 0.701. The lowest BCUT2D eigenvalue weighted by Crippen LogP contribution is -2.34. The molecular weight excluding hydrogens is 306 g/mol. The van der Waals surface area contributed by atoms with Crippen LogP contribution in [0.5, 0.6) is 0 Å². The van der Waals surface area contributed by atoms with Crippen LogP contribution in [0.3, 0.4) is 0 Å². The Morgan fingerprint density at radius 2 is 2.26 bits per heavy atom. The number of nitrogens with zero attached hydrogens (tertiary/aromatic N) is 1. The molecule has 3 N–H and O–H groups in total. The van der Waals surface area contributed by atoms with Crippen LogP contribution in [0.25, 0.3) is 0 Å². The fourth-order valence-electron chi connectivity index (χ4n) is 1.21. The van der Waals surface area contributed by atoms with Gasteiger partial charge in [-0.15, -0.1) is 0 Å². The highest BCUT2D eigenvalue weighted by Crippen LogP contribution is 2.12. The minimum absolute atomic E-state index is 0.0512. The summed E-state index contributed by atoms with van der Waals surface area (Å²) in [6.07, 6.45) is 2.93. The van der Waals surface area contributed by atoms with Crippen molar-refractivity contribution in [3.05, 3.63) is 24.0 Å². The van der Waals surface area contributed by atoms with E-state index in [9.17, 15) is 12.6 Å². The van der Waals surface area contributed by atoms with Crippen LogP contribution < -0.4 is 10.5 Å². The van der Waals surface area contributed by atoms with Crippen LogP contribution in [0.2, 0.25) is 0 Å². The predicted octanol–water partition coefficient (Wildman–Crippen LogP) is -0.239. The van der Waals surface area contributed by atoms with Gasteiger partial charge in [-0.2, -0.15) is 0 Å². The number of nitrogens with two attached hydrogens (primary N) is 1. The first-order valence-corrected chi connectivity index (χ1v) is 8.83. The molecule has 2 atom stereocenters. The van der Waals surface area contributed by atoms with Crippen molar-refractivity contribution in [2.75, 3.05) is 12.8 Å². The van der Waals surface area contributed by atoms with Gasteiger partial charge in [-0.25, -0.2) is 13.1 Å². The number of hydrogen-bond donors (Lipinski definition) is 2. The third-order valence-corrected chi connectivity index (χ3v) is 5.37. The zero-order valence-electron chi connectivity index (χ0n) is 10.5. The molecule has 1 rings (SSSR count). The van der Waals surface area contributed by atoms with Crippen molar-refractivity contribution in [1.29, 1.82) is 0 Å². The van der Waals surface area contributed by atoms with Gasteiger partial charge in [0.1, 0.15) is 15.6 Å². The smallest absolute Gasteiger partial charge is 0.242 e. The van der Waals surface area contributed by atoms with Gasteiger partial charge in [-0.05, 0) is 19.1 Å². The Bertz CT molecular complexity index is 601. The molecule has 0 saturated heterocycles. The minimum atomic E-state index is -3.78. The van der Waals surface area contributed by atoms with E-state index >= 15 is 0 Å². The SMILES string of the molecule is CC(CNS(=O)(=O)c1cccnc1C(N)=S)S(C)=O. The Morgan fingerprint density at radius 3 is 2.79 bits per heavy atom. The van der Waals surface area contributed by atoms with Gasteiger partial charge >= 0.3 is 0 Å². The summed E-state index contributed by atoms with van der Waals surface area (Å²) in [4.78, 5) is 3.70. The molecule has 0 aliphatic heterocycles. The Labute approximate surface area is 120 Å². The highest BCUT2D eigenvalue weighted by atomic mass is 32.2. The van der Waals surface area contributed by atoms with Crippen LogP contribution >= 0.6 is 12.2 Å². The van der Waals surface area contributed by atoms with E-state index < -0.39 is 20.8 Å². The highest BCUT2D eigenvalue weighted by Gasteiger charge is 2.21. The summed E-state index contributed by atoms with van der Waals surface area (Å²) in [5.41, 5.74) is 5.49. The summed E-state index contributed by atoms with van der Waals surface area (Å²) in [5.74, 6) is 0. The maximum Gasteiger partial charge on any atom is 0.242 e. The number of sulfonamides is 1. The number of aromatic nitrogens is 1. The van der Waals surface area contributed by atoms with Gasteiger partial charge in [0.2, 0.25) is 10.0 Å². The van der Waals surface area contributed by atoms with E-state index in [4.69, 9.17) is 18.0 Å². The van der Waals surface area contributed by atoms with E-state index in [1.54, 1.807) is 6.92 Å². The van der Waals surface area contributed by atoms with E-state index in [1.807, 2.05) is 0 Å². The maximum atomic E-state index is 12.1. The van der Waals surface area contributed by atoms with E-state index in [0.717, 1.165) is 0 Å². The summed E-state index contributed by atoms with van der Waals surface area (Å²) >= 11 is 4.77. The van der Waals surface area contributed by atoms with E-state index in [0.29, 0.717) is 0 Å². The zero-order valence-corrected chi connectivity index (χ0v) is 12.9. The zero-order chi connectivity index (χ0) is 14.6. The minimum Gasteiger partial charge on any atom is -0.388 e. The van der Waals surface area contributed by atoms with E-state index in [1.165, 1.54) is 24.6 Å². The monoisotopic (exact) mass is 321 g/mol. The second kappa shape index (κ2) is 6.51. The van der Waals surface area contributed by atoms with Gasteiger partial charge < -0.3 is 5.73 Å². The Balaban J connectivity index is 3.01. The van der Waals surface area contributed by atoms with Gasteiger partial charge in [-0.3, -0.25) is 9.19 Å². The largest absolute Gasteiger partial charge is 0.388 e. The normalized spacial score (nSPS) is 14.8. The maximum absolute atomic E-state index is 12.1. The molecule has 6 nitrogen and oxygen atoms in total. The van der Waals surface area contributed by atoms with Crippen molar-refractivity contribution in [3.8, 4) is 0 Å². The molecule has 0 bridgehead atoms. The first-order valence-electron chi connectivity index (χ1n) is 5.32. The molecular formula is C10H15N3O3S3.